The topological polar surface area (TPSA) is 118 Å². The van der Waals surface area contributed by atoms with Crippen LogP contribution in [0, 0.1) is 0 Å². The number of imidazole rings is 1. The smallest absolute Gasteiger partial charge is 0.419 e. The van der Waals surface area contributed by atoms with Gasteiger partial charge in [-0.3, -0.25) is 5.32 Å². The SMILES string of the molecule is COc1cc(OC)c(Cl)c(-c2ccc(OC(=O)Nc3ncc[nH]3)c3ncc(N(C)CCN(C)C)nc23)c1Cl. The van der Waals surface area contributed by atoms with E-state index >= 15 is 0 Å². The third-order valence-electron chi connectivity index (χ3n) is 5.69. The minimum atomic E-state index is -0.748. The van der Waals surface area contributed by atoms with Crippen molar-refractivity contribution in [2.24, 2.45) is 0 Å². The van der Waals surface area contributed by atoms with Crippen LogP contribution in [-0.2, 0) is 0 Å². The third-order valence-corrected chi connectivity index (χ3v) is 6.44. The van der Waals surface area contributed by atoms with Crippen LogP contribution >= 0.6 is 23.2 Å². The number of carbonyl (C=O) groups excluding carboxylic acids is 1. The summed E-state index contributed by atoms with van der Waals surface area (Å²) in [4.78, 5) is 32.8. The zero-order chi connectivity index (χ0) is 27.4. The summed E-state index contributed by atoms with van der Waals surface area (Å²) in [5.41, 5.74) is 1.75. The monoisotopic (exact) mass is 559 g/mol. The van der Waals surface area contributed by atoms with Crippen LogP contribution in [0.15, 0.2) is 36.8 Å². The van der Waals surface area contributed by atoms with Crippen LogP contribution in [0.4, 0.5) is 16.6 Å². The van der Waals surface area contributed by atoms with Gasteiger partial charge in [-0.1, -0.05) is 23.2 Å². The van der Waals surface area contributed by atoms with Crippen LogP contribution in [0.3, 0.4) is 0 Å². The Hall–Kier alpha value is -3.80. The second kappa shape index (κ2) is 11.7. The summed E-state index contributed by atoms with van der Waals surface area (Å²) >= 11 is 13.5. The molecule has 0 spiro atoms. The lowest BCUT2D eigenvalue weighted by Gasteiger charge is -2.21. The molecule has 11 nitrogen and oxygen atoms in total. The van der Waals surface area contributed by atoms with E-state index in [1.54, 1.807) is 30.6 Å². The van der Waals surface area contributed by atoms with Gasteiger partial charge in [-0.15, -0.1) is 0 Å². The molecule has 0 radical (unpaired) electrons. The molecule has 4 aromatic rings. The molecule has 4 rings (SSSR count). The molecule has 0 atom stereocenters. The molecule has 1 amide bonds. The summed E-state index contributed by atoms with van der Waals surface area (Å²) in [5, 5.41) is 3.07. The van der Waals surface area contributed by atoms with Crippen molar-refractivity contribution in [2.45, 2.75) is 0 Å². The zero-order valence-corrected chi connectivity index (χ0v) is 23.0. The normalized spacial score (nSPS) is 11.1. The number of benzene rings is 2. The van der Waals surface area contributed by atoms with Crippen LogP contribution in [0.25, 0.3) is 22.2 Å². The fourth-order valence-corrected chi connectivity index (χ4v) is 4.38. The highest BCUT2D eigenvalue weighted by Gasteiger charge is 2.23. The summed E-state index contributed by atoms with van der Waals surface area (Å²) < 4.78 is 16.5. The summed E-state index contributed by atoms with van der Waals surface area (Å²) in [6, 6.07) is 4.92. The van der Waals surface area contributed by atoms with Crippen molar-refractivity contribution in [3.63, 3.8) is 0 Å². The molecule has 2 heterocycles. The number of H-pyrrole nitrogens is 1. The van der Waals surface area contributed by atoms with E-state index in [0.717, 1.165) is 6.54 Å². The zero-order valence-electron chi connectivity index (χ0n) is 21.5. The number of ether oxygens (including phenoxy) is 3. The number of aromatic nitrogens is 4. The van der Waals surface area contributed by atoms with Gasteiger partial charge >= 0.3 is 6.09 Å². The van der Waals surface area contributed by atoms with Crippen molar-refractivity contribution in [3.05, 3.63) is 46.8 Å². The maximum absolute atomic E-state index is 12.5. The second-order valence-electron chi connectivity index (χ2n) is 8.50. The molecule has 2 aromatic carbocycles. The largest absolute Gasteiger partial charge is 0.495 e. The van der Waals surface area contributed by atoms with Gasteiger partial charge in [0.2, 0.25) is 5.95 Å². The number of likely N-dealkylation sites (N-methyl/N-ethyl adjacent to an activating group) is 2. The number of halogens is 2. The second-order valence-corrected chi connectivity index (χ2v) is 9.25. The standard InChI is InChI=1S/C25H27Cl2N7O4/c1-33(2)10-11-34(3)18-13-30-23-15(38-25(35)32-24-28-8-9-29-24)7-6-14(22(23)31-18)19-20(26)16(36-4)12-17(37-5)21(19)27/h6-9,12-13H,10-11H2,1-5H3,(H2,28,29,32,35). The van der Waals surface area contributed by atoms with Crippen LogP contribution in [-0.4, -0.2) is 79.4 Å². The lowest BCUT2D eigenvalue weighted by atomic mass is 10.0. The van der Waals surface area contributed by atoms with Gasteiger partial charge in [0, 0.05) is 49.7 Å². The highest BCUT2D eigenvalue weighted by atomic mass is 35.5. The first-order chi connectivity index (χ1) is 18.2. The Labute approximate surface area is 229 Å². The molecule has 0 unspecified atom stereocenters. The predicted molar refractivity (Wildman–Crippen MR) is 148 cm³/mol. The minimum Gasteiger partial charge on any atom is -0.495 e. The molecule has 0 bridgehead atoms. The van der Waals surface area contributed by atoms with Crippen molar-refractivity contribution in [3.8, 4) is 28.4 Å². The fourth-order valence-electron chi connectivity index (χ4n) is 3.68. The van der Waals surface area contributed by atoms with Crippen molar-refractivity contribution in [2.75, 3.05) is 58.7 Å². The maximum Gasteiger partial charge on any atom is 0.419 e. The average Bonchev–Trinajstić information content (AvgIpc) is 3.41. The Morgan fingerprint density at radius 3 is 2.32 bits per heavy atom. The maximum atomic E-state index is 12.5. The molecule has 0 saturated heterocycles. The summed E-state index contributed by atoms with van der Waals surface area (Å²) in [6.07, 6.45) is 3.96. The molecule has 0 aliphatic rings. The van der Waals surface area contributed by atoms with E-state index in [4.69, 9.17) is 42.4 Å². The summed E-state index contributed by atoms with van der Waals surface area (Å²) in [7, 11) is 8.92. The lowest BCUT2D eigenvalue weighted by molar-refractivity contribution is 0.215. The highest BCUT2D eigenvalue weighted by Crippen LogP contribution is 2.48. The predicted octanol–water partition coefficient (Wildman–Crippen LogP) is 4.95. The Balaban J connectivity index is 1.87. The van der Waals surface area contributed by atoms with Crippen LogP contribution in [0.2, 0.25) is 10.0 Å². The number of hydrogen-bond acceptors (Lipinski definition) is 9. The van der Waals surface area contributed by atoms with E-state index in [1.165, 1.54) is 20.4 Å². The number of aromatic amines is 1. The number of anilines is 2. The summed E-state index contributed by atoms with van der Waals surface area (Å²) in [6.45, 7) is 1.52. The number of methoxy groups -OCH3 is 2. The van der Waals surface area contributed by atoms with Gasteiger partial charge in [0.25, 0.3) is 0 Å². The molecule has 0 aliphatic carbocycles. The first-order valence-electron chi connectivity index (χ1n) is 11.5. The number of amides is 1. The van der Waals surface area contributed by atoms with E-state index in [9.17, 15) is 4.79 Å². The van der Waals surface area contributed by atoms with Crippen molar-refractivity contribution < 1.29 is 19.0 Å². The minimum absolute atomic E-state index is 0.185. The molecular weight excluding hydrogens is 533 g/mol. The van der Waals surface area contributed by atoms with Crippen molar-refractivity contribution >= 4 is 52.1 Å². The number of hydrogen-bond donors (Lipinski definition) is 2. The van der Waals surface area contributed by atoms with Crippen LogP contribution in [0.1, 0.15) is 0 Å². The number of fused-ring (bicyclic) bond motifs is 1. The van der Waals surface area contributed by atoms with Gasteiger partial charge in [0.1, 0.15) is 28.4 Å². The van der Waals surface area contributed by atoms with E-state index in [0.29, 0.717) is 46.0 Å². The van der Waals surface area contributed by atoms with Crippen LogP contribution in [0.5, 0.6) is 17.2 Å². The van der Waals surface area contributed by atoms with Gasteiger partial charge in [0.05, 0.1) is 30.5 Å². The molecule has 38 heavy (non-hydrogen) atoms. The van der Waals surface area contributed by atoms with E-state index in [1.807, 2.05) is 26.0 Å². The van der Waals surface area contributed by atoms with Gasteiger partial charge in [-0.05, 0) is 26.2 Å². The molecular formula is C25H27Cl2N7O4. The van der Waals surface area contributed by atoms with E-state index < -0.39 is 6.09 Å². The summed E-state index contributed by atoms with van der Waals surface area (Å²) in [5.74, 6) is 1.79. The lowest BCUT2D eigenvalue weighted by Crippen LogP contribution is -2.29. The van der Waals surface area contributed by atoms with Crippen LogP contribution < -0.4 is 24.4 Å². The fraction of sp³-hybridized carbons (Fsp3) is 0.280. The third kappa shape index (κ3) is 5.69. The number of nitrogens with zero attached hydrogens (tertiary/aromatic N) is 5. The van der Waals surface area contributed by atoms with Gasteiger partial charge in [0.15, 0.2) is 5.75 Å². The van der Waals surface area contributed by atoms with Crippen molar-refractivity contribution in [1.82, 2.24) is 24.8 Å². The Morgan fingerprint density at radius 1 is 1.00 bits per heavy atom. The molecule has 0 saturated carbocycles. The number of rotatable bonds is 9. The van der Waals surface area contributed by atoms with Crippen molar-refractivity contribution in [1.29, 1.82) is 0 Å². The van der Waals surface area contributed by atoms with E-state index in [-0.39, 0.29) is 21.7 Å². The number of nitrogens with one attached hydrogen (secondary N) is 2. The number of carbonyl (C=O) groups is 1. The Bertz CT molecular complexity index is 1420. The first kappa shape index (κ1) is 27.2. The molecule has 0 aliphatic heterocycles. The van der Waals surface area contributed by atoms with E-state index in [2.05, 4.69) is 25.2 Å². The first-order valence-corrected chi connectivity index (χ1v) is 12.2. The molecule has 2 N–H and O–H groups in total. The quantitative estimate of drug-likeness (QED) is 0.293. The molecule has 13 heteroatoms. The molecule has 0 fully saturated rings. The highest BCUT2D eigenvalue weighted by molar-refractivity contribution is 6.41. The van der Waals surface area contributed by atoms with Gasteiger partial charge < -0.3 is 29.0 Å². The Morgan fingerprint density at radius 2 is 1.71 bits per heavy atom. The van der Waals surface area contributed by atoms with Gasteiger partial charge in [-0.2, -0.15) is 0 Å². The van der Waals surface area contributed by atoms with Gasteiger partial charge in [-0.25, -0.2) is 19.7 Å². The molecule has 2 aromatic heterocycles. The average molecular weight is 560 g/mol. The molecule has 200 valence electrons. The Kier molecular flexibility index (Phi) is 8.40.